The van der Waals surface area contributed by atoms with Crippen LogP contribution in [0.15, 0.2) is 42.7 Å². The summed E-state index contributed by atoms with van der Waals surface area (Å²) in [5.74, 6) is 0. The molecule has 3 atom stereocenters. The highest BCUT2D eigenvalue weighted by molar-refractivity contribution is 5.20. The summed E-state index contributed by atoms with van der Waals surface area (Å²) in [6, 6.07) is 9.60. The zero-order valence-electron chi connectivity index (χ0n) is 9.21. The van der Waals surface area contributed by atoms with Crippen molar-refractivity contribution >= 4 is 0 Å². The lowest BCUT2D eigenvalue weighted by Gasteiger charge is -2.39. The third-order valence-electron chi connectivity index (χ3n) is 3.09. The van der Waals surface area contributed by atoms with Gasteiger partial charge in [-0.15, -0.1) is 0 Å². The summed E-state index contributed by atoms with van der Waals surface area (Å²) in [6.07, 6.45) is 1.97. The van der Waals surface area contributed by atoms with E-state index in [2.05, 4.69) is 0 Å². The predicted octanol–water partition coefficient (Wildman–Crippen LogP) is 1.25. The van der Waals surface area contributed by atoms with E-state index in [-0.39, 0.29) is 0 Å². The Morgan fingerprint density at radius 2 is 2.00 bits per heavy atom. The van der Waals surface area contributed by atoms with E-state index in [0.717, 1.165) is 5.56 Å². The highest BCUT2D eigenvalue weighted by Crippen LogP contribution is 2.28. The van der Waals surface area contributed by atoms with E-state index in [0.29, 0.717) is 6.42 Å². The van der Waals surface area contributed by atoms with Gasteiger partial charge in [0.15, 0.2) is 0 Å². The van der Waals surface area contributed by atoms with Gasteiger partial charge in [-0.2, -0.15) is 0 Å². The highest BCUT2D eigenvalue weighted by atomic mass is 16.5. The molecule has 0 bridgehead atoms. The van der Waals surface area contributed by atoms with E-state index in [1.165, 1.54) is 12.3 Å². The van der Waals surface area contributed by atoms with Crippen molar-refractivity contribution in [3.05, 3.63) is 48.2 Å². The lowest BCUT2D eigenvalue weighted by Crippen LogP contribution is -2.54. The standard InChI is InChI=1S/C13H16O3/c1-10-13(15,12(14)7-8-16-10)9-11-5-3-2-4-6-11/h2-8,10,12,14-15H,9H2,1H3/t10-,12-,13-/m0/s1. The second kappa shape index (κ2) is 4.28. The van der Waals surface area contributed by atoms with Crippen molar-refractivity contribution in [1.82, 2.24) is 0 Å². The number of aliphatic hydroxyl groups excluding tert-OH is 1. The van der Waals surface area contributed by atoms with E-state index in [4.69, 9.17) is 4.74 Å². The lowest BCUT2D eigenvalue weighted by atomic mass is 9.83. The number of aliphatic hydroxyl groups is 2. The summed E-state index contributed by atoms with van der Waals surface area (Å²) < 4.78 is 5.25. The van der Waals surface area contributed by atoms with Crippen molar-refractivity contribution in [2.75, 3.05) is 0 Å². The summed E-state index contributed by atoms with van der Waals surface area (Å²) in [6.45, 7) is 1.76. The van der Waals surface area contributed by atoms with Gasteiger partial charge in [0.25, 0.3) is 0 Å². The molecule has 1 aliphatic heterocycles. The zero-order valence-corrected chi connectivity index (χ0v) is 9.21. The molecule has 3 nitrogen and oxygen atoms in total. The maximum atomic E-state index is 10.4. The fourth-order valence-corrected chi connectivity index (χ4v) is 1.93. The fourth-order valence-electron chi connectivity index (χ4n) is 1.93. The molecular formula is C13H16O3. The fraction of sp³-hybridized carbons (Fsp3) is 0.385. The second-order valence-electron chi connectivity index (χ2n) is 4.21. The van der Waals surface area contributed by atoms with Crippen LogP contribution in [-0.2, 0) is 11.2 Å². The van der Waals surface area contributed by atoms with Gasteiger partial charge in [-0.25, -0.2) is 0 Å². The minimum Gasteiger partial charge on any atom is -0.495 e. The van der Waals surface area contributed by atoms with Crippen molar-refractivity contribution in [3.63, 3.8) is 0 Å². The van der Waals surface area contributed by atoms with Gasteiger partial charge in [-0.05, 0) is 18.6 Å². The normalized spacial score (nSPS) is 33.4. The van der Waals surface area contributed by atoms with E-state index in [9.17, 15) is 10.2 Å². The van der Waals surface area contributed by atoms with Crippen LogP contribution in [0.1, 0.15) is 12.5 Å². The molecule has 1 aromatic carbocycles. The quantitative estimate of drug-likeness (QED) is 0.788. The van der Waals surface area contributed by atoms with Crippen LogP contribution in [0.3, 0.4) is 0 Å². The first kappa shape index (κ1) is 11.2. The van der Waals surface area contributed by atoms with Crippen LogP contribution in [0.4, 0.5) is 0 Å². The van der Waals surface area contributed by atoms with Crippen LogP contribution in [-0.4, -0.2) is 28.0 Å². The molecule has 1 aromatic rings. The molecule has 2 rings (SSSR count). The molecule has 0 aliphatic carbocycles. The molecule has 2 N–H and O–H groups in total. The molecule has 86 valence electrons. The molecule has 0 unspecified atom stereocenters. The number of ether oxygens (including phenoxy) is 1. The van der Waals surface area contributed by atoms with E-state index < -0.39 is 17.8 Å². The van der Waals surface area contributed by atoms with Crippen LogP contribution in [0, 0.1) is 0 Å². The van der Waals surface area contributed by atoms with E-state index in [1.54, 1.807) is 6.92 Å². The minimum atomic E-state index is -1.25. The Kier molecular flexibility index (Phi) is 2.99. The Hall–Kier alpha value is -1.32. The molecule has 0 amide bonds. The summed E-state index contributed by atoms with van der Waals surface area (Å²) in [4.78, 5) is 0. The molecular weight excluding hydrogens is 204 g/mol. The molecule has 1 heterocycles. The van der Waals surface area contributed by atoms with Crippen LogP contribution in [0.5, 0.6) is 0 Å². The van der Waals surface area contributed by atoms with Gasteiger partial charge in [0, 0.05) is 6.42 Å². The van der Waals surface area contributed by atoms with Crippen LogP contribution in [0.2, 0.25) is 0 Å². The zero-order chi connectivity index (χ0) is 11.6. The third kappa shape index (κ3) is 1.96. The Morgan fingerprint density at radius 3 is 2.62 bits per heavy atom. The third-order valence-corrected chi connectivity index (χ3v) is 3.09. The molecule has 0 saturated heterocycles. The van der Waals surface area contributed by atoms with Gasteiger partial charge in [0.2, 0.25) is 0 Å². The number of benzene rings is 1. The van der Waals surface area contributed by atoms with Gasteiger partial charge in [0.05, 0.1) is 6.26 Å². The monoisotopic (exact) mass is 220 g/mol. The maximum absolute atomic E-state index is 10.4. The molecule has 16 heavy (non-hydrogen) atoms. The van der Waals surface area contributed by atoms with Crippen molar-refractivity contribution in [2.24, 2.45) is 0 Å². The molecule has 0 aromatic heterocycles. The Bertz CT molecular complexity index is 374. The largest absolute Gasteiger partial charge is 0.495 e. The summed E-state index contributed by atoms with van der Waals surface area (Å²) in [5.41, 5.74) is -0.273. The van der Waals surface area contributed by atoms with Crippen molar-refractivity contribution in [2.45, 2.75) is 31.2 Å². The smallest absolute Gasteiger partial charge is 0.134 e. The average molecular weight is 220 g/mol. The Labute approximate surface area is 95.0 Å². The summed E-state index contributed by atoms with van der Waals surface area (Å²) in [5, 5.41) is 20.3. The molecule has 0 saturated carbocycles. The SMILES string of the molecule is C[C@@H]1OC=C[C@H](O)[C@]1(O)Cc1ccccc1. The van der Waals surface area contributed by atoms with Crippen molar-refractivity contribution in [1.29, 1.82) is 0 Å². The summed E-state index contributed by atoms with van der Waals surface area (Å²) in [7, 11) is 0. The molecule has 0 spiro atoms. The molecule has 1 aliphatic rings. The van der Waals surface area contributed by atoms with Crippen LogP contribution in [0.25, 0.3) is 0 Å². The lowest BCUT2D eigenvalue weighted by molar-refractivity contribution is -0.139. The van der Waals surface area contributed by atoms with Gasteiger partial charge in [0.1, 0.15) is 17.8 Å². The molecule has 3 heteroatoms. The predicted molar refractivity (Wildman–Crippen MR) is 60.8 cm³/mol. The first-order valence-corrected chi connectivity index (χ1v) is 5.39. The number of hydrogen-bond donors (Lipinski definition) is 2. The average Bonchev–Trinajstić information content (AvgIpc) is 2.28. The topological polar surface area (TPSA) is 49.7 Å². The second-order valence-corrected chi connectivity index (χ2v) is 4.21. The number of rotatable bonds is 2. The Balaban J connectivity index is 2.21. The Morgan fingerprint density at radius 1 is 1.31 bits per heavy atom. The van der Waals surface area contributed by atoms with Crippen LogP contribution >= 0.6 is 0 Å². The minimum absolute atomic E-state index is 0.376. The van der Waals surface area contributed by atoms with Crippen molar-refractivity contribution < 1.29 is 14.9 Å². The summed E-state index contributed by atoms with van der Waals surface area (Å²) >= 11 is 0. The van der Waals surface area contributed by atoms with Gasteiger partial charge >= 0.3 is 0 Å². The first-order valence-electron chi connectivity index (χ1n) is 5.39. The van der Waals surface area contributed by atoms with Crippen molar-refractivity contribution in [3.8, 4) is 0 Å². The van der Waals surface area contributed by atoms with Gasteiger partial charge in [-0.3, -0.25) is 0 Å². The number of hydrogen-bond acceptors (Lipinski definition) is 3. The highest BCUT2D eigenvalue weighted by Gasteiger charge is 2.43. The molecule has 0 radical (unpaired) electrons. The van der Waals surface area contributed by atoms with Gasteiger partial charge < -0.3 is 14.9 Å². The van der Waals surface area contributed by atoms with Crippen LogP contribution < -0.4 is 0 Å². The van der Waals surface area contributed by atoms with E-state index >= 15 is 0 Å². The van der Waals surface area contributed by atoms with Gasteiger partial charge in [-0.1, -0.05) is 30.3 Å². The molecule has 0 fully saturated rings. The maximum Gasteiger partial charge on any atom is 0.134 e. The first-order chi connectivity index (χ1) is 7.63. The van der Waals surface area contributed by atoms with E-state index in [1.807, 2.05) is 30.3 Å².